The van der Waals surface area contributed by atoms with Gasteiger partial charge >= 0.3 is 0 Å². The summed E-state index contributed by atoms with van der Waals surface area (Å²) in [4.78, 5) is 12.3. The second-order valence-corrected chi connectivity index (χ2v) is 6.40. The highest BCUT2D eigenvalue weighted by atomic mass is 32.2. The van der Waals surface area contributed by atoms with Gasteiger partial charge in [0.15, 0.2) is 5.16 Å². The number of hydrogen-bond donors (Lipinski definition) is 1. The molecule has 0 bridgehead atoms. The van der Waals surface area contributed by atoms with E-state index in [4.69, 9.17) is 4.74 Å². The molecule has 1 aromatic heterocycles. The average molecular weight is 320 g/mol. The van der Waals surface area contributed by atoms with Crippen LogP contribution in [0.5, 0.6) is 5.75 Å². The average Bonchev–Trinajstić information content (AvgIpc) is 2.96. The molecule has 0 aliphatic rings. The summed E-state index contributed by atoms with van der Waals surface area (Å²) < 4.78 is 7.04. The number of nitrogens with one attached hydrogen (secondary N) is 1. The van der Waals surface area contributed by atoms with Crippen LogP contribution < -0.4 is 10.1 Å². The van der Waals surface area contributed by atoms with E-state index in [1.165, 1.54) is 11.8 Å². The molecule has 1 aromatic carbocycles. The quantitative estimate of drug-likeness (QED) is 0.829. The first-order chi connectivity index (χ1) is 10.5. The molecule has 7 heteroatoms. The van der Waals surface area contributed by atoms with Gasteiger partial charge in [0.05, 0.1) is 12.4 Å². The number of nitrogens with zero attached hydrogens (tertiary/aromatic N) is 3. The van der Waals surface area contributed by atoms with Crippen LogP contribution in [0.15, 0.2) is 35.7 Å². The SMILES string of the molecule is COc1ccc(NC(=O)[C@@H](C)Sc2nncn2C(C)C)cc1. The second-order valence-electron chi connectivity index (χ2n) is 5.09. The minimum atomic E-state index is -0.274. The van der Waals surface area contributed by atoms with Crippen LogP contribution in [-0.4, -0.2) is 33.0 Å². The van der Waals surface area contributed by atoms with Crippen molar-refractivity contribution >= 4 is 23.4 Å². The van der Waals surface area contributed by atoms with Crippen molar-refractivity contribution in [2.24, 2.45) is 0 Å². The fraction of sp³-hybridized carbons (Fsp3) is 0.400. The highest BCUT2D eigenvalue weighted by Crippen LogP contribution is 2.24. The molecule has 22 heavy (non-hydrogen) atoms. The predicted octanol–water partition coefficient (Wildman–Crippen LogP) is 2.99. The first-order valence-corrected chi connectivity index (χ1v) is 7.90. The van der Waals surface area contributed by atoms with E-state index in [1.807, 2.05) is 35.8 Å². The van der Waals surface area contributed by atoms with Gasteiger partial charge < -0.3 is 14.6 Å². The third-order valence-electron chi connectivity index (χ3n) is 3.11. The summed E-state index contributed by atoms with van der Waals surface area (Å²) in [7, 11) is 1.61. The van der Waals surface area contributed by atoms with E-state index in [1.54, 1.807) is 13.4 Å². The van der Waals surface area contributed by atoms with E-state index < -0.39 is 0 Å². The van der Waals surface area contributed by atoms with Crippen LogP contribution in [0.4, 0.5) is 5.69 Å². The van der Waals surface area contributed by atoms with Gasteiger partial charge in [-0.1, -0.05) is 11.8 Å². The van der Waals surface area contributed by atoms with Gasteiger partial charge in [-0.15, -0.1) is 10.2 Å². The molecule has 0 spiro atoms. The lowest BCUT2D eigenvalue weighted by molar-refractivity contribution is -0.115. The Hall–Kier alpha value is -2.02. The third kappa shape index (κ3) is 4.00. The first kappa shape index (κ1) is 16.4. The van der Waals surface area contributed by atoms with E-state index in [2.05, 4.69) is 29.4 Å². The molecule has 1 atom stereocenters. The molecule has 0 radical (unpaired) electrons. The summed E-state index contributed by atoms with van der Waals surface area (Å²) in [5.41, 5.74) is 0.739. The van der Waals surface area contributed by atoms with E-state index in [9.17, 15) is 4.79 Å². The molecule has 0 aliphatic heterocycles. The molecule has 1 N–H and O–H groups in total. The summed E-state index contributed by atoms with van der Waals surface area (Å²) in [6.07, 6.45) is 1.68. The monoisotopic (exact) mass is 320 g/mol. The Balaban J connectivity index is 1.98. The Morgan fingerprint density at radius 1 is 1.27 bits per heavy atom. The smallest absolute Gasteiger partial charge is 0.237 e. The number of thioether (sulfide) groups is 1. The Bertz CT molecular complexity index is 625. The van der Waals surface area contributed by atoms with Crippen molar-refractivity contribution in [2.75, 3.05) is 12.4 Å². The van der Waals surface area contributed by atoms with Gasteiger partial charge in [-0.05, 0) is 45.0 Å². The van der Waals surface area contributed by atoms with Crippen molar-refractivity contribution in [3.05, 3.63) is 30.6 Å². The van der Waals surface area contributed by atoms with Gasteiger partial charge in [0.1, 0.15) is 12.1 Å². The number of rotatable bonds is 6. The zero-order valence-electron chi connectivity index (χ0n) is 13.1. The molecule has 0 fully saturated rings. The second kappa shape index (κ2) is 7.31. The van der Waals surface area contributed by atoms with Crippen molar-refractivity contribution in [2.45, 2.75) is 37.2 Å². The zero-order valence-corrected chi connectivity index (χ0v) is 13.9. The maximum Gasteiger partial charge on any atom is 0.237 e. The Morgan fingerprint density at radius 3 is 2.55 bits per heavy atom. The highest BCUT2D eigenvalue weighted by Gasteiger charge is 2.18. The van der Waals surface area contributed by atoms with Crippen LogP contribution in [0, 0.1) is 0 Å². The van der Waals surface area contributed by atoms with E-state index >= 15 is 0 Å². The van der Waals surface area contributed by atoms with Gasteiger partial charge in [-0.3, -0.25) is 4.79 Å². The van der Waals surface area contributed by atoms with Gasteiger partial charge in [-0.2, -0.15) is 0 Å². The van der Waals surface area contributed by atoms with Crippen LogP contribution in [-0.2, 0) is 4.79 Å². The van der Waals surface area contributed by atoms with Crippen LogP contribution in [0.25, 0.3) is 0 Å². The number of aromatic nitrogens is 3. The number of methoxy groups -OCH3 is 1. The minimum Gasteiger partial charge on any atom is -0.497 e. The van der Waals surface area contributed by atoms with Crippen molar-refractivity contribution in [1.82, 2.24) is 14.8 Å². The molecule has 1 heterocycles. The van der Waals surface area contributed by atoms with E-state index in [-0.39, 0.29) is 17.2 Å². The first-order valence-electron chi connectivity index (χ1n) is 7.02. The fourth-order valence-corrected chi connectivity index (χ4v) is 2.76. The van der Waals surface area contributed by atoms with Gasteiger partial charge in [0, 0.05) is 11.7 Å². The molecule has 2 rings (SSSR count). The summed E-state index contributed by atoms with van der Waals surface area (Å²) in [6, 6.07) is 7.50. The number of carbonyl (C=O) groups excluding carboxylic acids is 1. The molecule has 0 saturated carbocycles. The molecule has 0 unspecified atom stereocenters. The molecule has 118 valence electrons. The molecule has 0 saturated heterocycles. The molecule has 6 nitrogen and oxygen atoms in total. The number of hydrogen-bond acceptors (Lipinski definition) is 5. The molecule has 2 aromatic rings. The minimum absolute atomic E-state index is 0.0755. The zero-order chi connectivity index (χ0) is 16.1. The maximum absolute atomic E-state index is 12.3. The molecular weight excluding hydrogens is 300 g/mol. The number of benzene rings is 1. The van der Waals surface area contributed by atoms with Gasteiger partial charge in [0.2, 0.25) is 5.91 Å². The topological polar surface area (TPSA) is 69.0 Å². The molecule has 1 amide bonds. The van der Waals surface area contributed by atoms with Crippen LogP contribution in [0.3, 0.4) is 0 Å². The fourth-order valence-electron chi connectivity index (χ4n) is 1.80. The van der Waals surface area contributed by atoms with Gasteiger partial charge in [-0.25, -0.2) is 0 Å². The molecular formula is C15H20N4O2S. The van der Waals surface area contributed by atoms with Crippen LogP contribution in [0.2, 0.25) is 0 Å². The standard InChI is InChI=1S/C15H20N4O2S/c1-10(2)19-9-16-18-15(19)22-11(3)14(20)17-12-5-7-13(21-4)8-6-12/h5-11H,1-4H3,(H,17,20)/t11-/m1/s1. The van der Waals surface area contributed by atoms with Gasteiger partial charge in [0.25, 0.3) is 0 Å². The Labute approximate surface area is 134 Å². The summed E-state index contributed by atoms with van der Waals surface area (Å²) >= 11 is 1.39. The summed E-state index contributed by atoms with van der Waals surface area (Å²) in [5.74, 6) is 0.680. The maximum atomic E-state index is 12.3. The van der Waals surface area contributed by atoms with E-state index in [0.717, 1.165) is 16.6 Å². The number of anilines is 1. The van der Waals surface area contributed by atoms with Crippen molar-refractivity contribution in [3.8, 4) is 5.75 Å². The lowest BCUT2D eigenvalue weighted by Gasteiger charge is -2.14. The predicted molar refractivity (Wildman–Crippen MR) is 87.3 cm³/mol. The number of amides is 1. The Morgan fingerprint density at radius 2 is 1.95 bits per heavy atom. The molecule has 0 aliphatic carbocycles. The highest BCUT2D eigenvalue weighted by molar-refractivity contribution is 8.00. The largest absolute Gasteiger partial charge is 0.497 e. The van der Waals surface area contributed by atoms with Crippen molar-refractivity contribution in [1.29, 1.82) is 0 Å². The summed E-state index contributed by atoms with van der Waals surface area (Å²) in [5, 5.41) is 11.3. The van der Waals surface area contributed by atoms with Crippen LogP contribution >= 0.6 is 11.8 Å². The summed E-state index contributed by atoms with van der Waals surface area (Å²) in [6.45, 7) is 5.95. The lowest BCUT2D eigenvalue weighted by atomic mass is 10.3. The Kier molecular flexibility index (Phi) is 5.43. The van der Waals surface area contributed by atoms with Crippen molar-refractivity contribution in [3.63, 3.8) is 0 Å². The van der Waals surface area contributed by atoms with Crippen molar-refractivity contribution < 1.29 is 9.53 Å². The van der Waals surface area contributed by atoms with E-state index in [0.29, 0.717) is 0 Å². The normalized spacial score (nSPS) is 12.2. The number of carbonyl (C=O) groups is 1. The number of ether oxygens (including phenoxy) is 1. The third-order valence-corrected chi connectivity index (χ3v) is 4.18. The van der Waals surface area contributed by atoms with Crippen LogP contribution in [0.1, 0.15) is 26.8 Å². The lowest BCUT2D eigenvalue weighted by Crippen LogP contribution is -2.23.